The highest BCUT2D eigenvalue weighted by Crippen LogP contribution is 2.38. The summed E-state index contributed by atoms with van der Waals surface area (Å²) in [6.45, 7) is 0. The van der Waals surface area contributed by atoms with Crippen LogP contribution in [0.4, 0.5) is 0 Å². The number of H-pyrrole nitrogens is 1. The molecule has 0 spiro atoms. The fourth-order valence-electron chi connectivity index (χ4n) is 6.15. The first-order valence-corrected chi connectivity index (χ1v) is 20.9. The molecule has 0 fully saturated rings. The van der Waals surface area contributed by atoms with Crippen molar-refractivity contribution in [1.82, 2.24) is 44.9 Å². The van der Waals surface area contributed by atoms with Crippen LogP contribution in [0.15, 0.2) is 207 Å². The fraction of sp³-hybridized carbons (Fsp3) is 0. The third kappa shape index (κ3) is 9.12. The van der Waals surface area contributed by atoms with E-state index in [2.05, 4.69) is 49.9 Å². The summed E-state index contributed by atoms with van der Waals surface area (Å²) in [5.74, 6) is 1.24. The van der Waals surface area contributed by atoms with Crippen LogP contribution in [0.25, 0.3) is 56.7 Å². The molecule has 4 heterocycles. The SMILES string of the molecule is Clc1ccc(Sc2cn(-c3ccccc3)nc2-c2ccc(-c3ncn[nH]3)cc2)cc1.Clc1ccc(Sc2cn(-c3ccccc3)nc2-c2ccc(-c3nnco3)cc2)cc1. The van der Waals surface area contributed by atoms with Gasteiger partial charge in [0.1, 0.15) is 17.7 Å². The van der Waals surface area contributed by atoms with Crippen molar-refractivity contribution >= 4 is 46.7 Å². The van der Waals surface area contributed by atoms with Crippen LogP contribution in [-0.4, -0.2) is 44.9 Å². The summed E-state index contributed by atoms with van der Waals surface area (Å²) < 4.78 is 9.10. The van der Waals surface area contributed by atoms with E-state index in [1.165, 1.54) is 12.7 Å². The molecule has 10 aromatic rings. The predicted octanol–water partition coefficient (Wildman–Crippen LogP) is 12.5. The molecule has 0 radical (unpaired) electrons. The van der Waals surface area contributed by atoms with Crippen LogP contribution in [0, 0.1) is 0 Å². The van der Waals surface area contributed by atoms with Gasteiger partial charge in [-0.15, -0.1) is 10.2 Å². The second-order valence-corrected chi connectivity index (χ2v) is 16.2. The Balaban J connectivity index is 0.000000154. The van der Waals surface area contributed by atoms with E-state index in [1.807, 2.05) is 155 Å². The second kappa shape index (κ2) is 18.1. The molecule has 0 bridgehead atoms. The molecule has 6 aromatic carbocycles. The van der Waals surface area contributed by atoms with Gasteiger partial charge in [-0.2, -0.15) is 15.3 Å². The largest absolute Gasteiger partial charge is 0.423 e. The first kappa shape index (κ1) is 38.8. The lowest BCUT2D eigenvalue weighted by Gasteiger charge is -2.04. The first-order chi connectivity index (χ1) is 29.5. The van der Waals surface area contributed by atoms with Crippen molar-refractivity contribution in [1.29, 1.82) is 0 Å². The zero-order chi connectivity index (χ0) is 40.7. The van der Waals surface area contributed by atoms with Gasteiger partial charge in [-0.1, -0.05) is 120 Å². The molecule has 0 aliphatic rings. The van der Waals surface area contributed by atoms with Gasteiger partial charge >= 0.3 is 0 Å². The highest BCUT2D eigenvalue weighted by Gasteiger charge is 2.16. The summed E-state index contributed by atoms with van der Waals surface area (Å²) in [4.78, 5) is 8.52. The van der Waals surface area contributed by atoms with Crippen molar-refractivity contribution < 1.29 is 4.42 Å². The molecule has 0 saturated carbocycles. The van der Waals surface area contributed by atoms with Gasteiger partial charge in [-0.25, -0.2) is 14.3 Å². The van der Waals surface area contributed by atoms with Crippen LogP contribution in [0.3, 0.4) is 0 Å². The molecule has 0 aliphatic carbocycles. The Morgan fingerprint density at radius 2 is 0.983 bits per heavy atom. The smallest absolute Gasteiger partial charge is 0.247 e. The van der Waals surface area contributed by atoms with Crippen molar-refractivity contribution in [3.05, 3.63) is 193 Å². The average molecular weight is 861 g/mol. The van der Waals surface area contributed by atoms with Crippen molar-refractivity contribution in [2.24, 2.45) is 0 Å². The molecule has 0 amide bonds. The molecule has 10 nitrogen and oxygen atoms in total. The summed E-state index contributed by atoms with van der Waals surface area (Å²) in [7, 11) is 0. The third-order valence-electron chi connectivity index (χ3n) is 9.10. The predicted molar refractivity (Wildman–Crippen MR) is 238 cm³/mol. The van der Waals surface area contributed by atoms with Crippen LogP contribution in [0.5, 0.6) is 0 Å². The zero-order valence-corrected chi connectivity index (χ0v) is 34.5. The highest BCUT2D eigenvalue weighted by molar-refractivity contribution is 7.99. The monoisotopic (exact) mass is 859 g/mol. The van der Waals surface area contributed by atoms with Gasteiger partial charge in [-0.3, -0.25) is 5.10 Å². The maximum Gasteiger partial charge on any atom is 0.247 e. The van der Waals surface area contributed by atoms with E-state index in [9.17, 15) is 0 Å². The lowest BCUT2D eigenvalue weighted by atomic mass is 10.1. The second-order valence-electron chi connectivity index (χ2n) is 13.1. The minimum absolute atomic E-state index is 0.493. The maximum absolute atomic E-state index is 6.05. The Bertz CT molecular complexity index is 2700. The van der Waals surface area contributed by atoms with E-state index < -0.39 is 0 Å². The zero-order valence-electron chi connectivity index (χ0n) is 31.4. The van der Waals surface area contributed by atoms with Crippen molar-refractivity contribution in [2.75, 3.05) is 0 Å². The van der Waals surface area contributed by atoms with E-state index in [0.29, 0.717) is 5.89 Å². The number of halogens is 2. The van der Waals surface area contributed by atoms with Gasteiger partial charge in [0.15, 0.2) is 5.82 Å². The molecule has 0 unspecified atom stereocenters. The van der Waals surface area contributed by atoms with Crippen LogP contribution in [-0.2, 0) is 0 Å². The Kier molecular flexibility index (Phi) is 11.7. The molecular formula is C46H31Cl2N9OS2. The van der Waals surface area contributed by atoms with E-state index in [1.54, 1.807) is 23.5 Å². The standard InChI is InChI=1S/C23H16ClN5S.C23H15ClN4OS/c24-18-10-12-20(13-11-18)30-21-14-29(19-4-2-1-3-5-19)28-22(21)16-6-8-17(9-7-16)23-25-15-26-27-23;24-18-10-12-20(13-11-18)30-21-14-28(19-4-2-1-3-5-19)27-22(21)16-6-8-17(9-7-16)23-26-25-15-29-23/h1-15H,(H,25,26,27);1-15H. The van der Waals surface area contributed by atoms with Crippen LogP contribution in [0.2, 0.25) is 10.0 Å². The number of nitrogens with zero attached hydrogens (tertiary/aromatic N) is 8. The molecule has 10 rings (SSSR count). The number of rotatable bonds is 10. The van der Waals surface area contributed by atoms with Crippen molar-refractivity contribution in [3.63, 3.8) is 0 Å². The topological polar surface area (TPSA) is 116 Å². The number of aromatic amines is 1. The van der Waals surface area contributed by atoms with Crippen LogP contribution < -0.4 is 0 Å². The number of aromatic nitrogens is 9. The molecule has 292 valence electrons. The maximum atomic E-state index is 6.05. The normalized spacial score (nSPS) is 11.0. The Labute approximate surface area is 363 Å². The van der Waals surface area contributed by atoms with Gasteiger partial charge in [0.05, 0.1) is 21.2 Å². The number of benzene rings is 6. The highest BCUT2D eigenvalue weighted by atomic mass is 35.5. The summed E-state index contributed by atoms with van der Waals surface area (Å²) in [5.41, 5.74) is 7.72. The average Bonchev–Trinajstić information content (AvgIpc) is 4.15. The molecule has 14 heteroatoms. The van der Waals surface area contributed by atoms with Crippen LogP contribution >= 0.6 is 46.7 Å². The Morgan fingerprint density at radius 3 is 1.42 bits per heavy atom. The molecular weight excluding hydrogens is 830 g/mol. The lowest BCUT2D eigenvalue weighted by Crippen LogP contribution is -1.94. The molecule has 1 N–H and O–H groups in total. The Hall–Kier alpha value is -6.70. The van der Waals surface area contributed by atoms with Gasteiger partial charge in [-0.05, 0) is 84.9 Å². The fourth-order valence-corrected chi connectivity index (χ4v) is 8.27. The van der Waals surface area contributed by atoms with Gasteiger partial charge in [0.2, 0.25) is 12.3 Å². The molecule has 0 saturated heterocycles. The summed E-state index contributed by atoms with van der Waals surface area (Å²) >= 11 is 15.4. The van der Waals surface area contributed by atoms with E-state index in [4.69, 9.17) is 37.8 Å². The third-order valence-corrected chi connectivity index (χ3v) is 11.7. The molecule has 60 heavy (non-hydrogen) atoms. The van der Waals surface area contributed by atoms with Crippen LogP contribution in [0.1, 0.15) is 0 Å². The summed E-state index contributed by atoms with van der Waals surface area (Å²) in [6, 6.07) is 51.9. The molecule has 4 aromatic heterocycles. The van der Waals surface area contributed by atoms with E-state index >= 15 is 0 Å². The molecule has 0 atom stereocenters. The van der Waals surface area contributed by atoms with E-state index in [-0.39, 0.29) is 0 Å². The number of nitrogens with one attached hydrogen (secondary N) is 1. The number of para-hydroxylation sites is 2. The quantitative estimate of drug-likeness (QED) is 0.143. The van der Waals surface area contributed by atoms with Crippen molar-refractivity contribution in [2.45, 2.75) is 19.6 Å². The Morgan fingerprint density at radius 1 is 0.517 bits per heavy atom. The van der Waals surface area contributed by atoms with Crippen molar-refractivity contribution in [3.8, 4) is 56.7 Å². The summed E-state index contributed by atoms with van der Waals surface area (Å²) in [5, 5.41) is 25.7. The van der Waals surface area contributed by atoms with E-state index in [0.717, 1.165) is 80.5 Å². The first-order valence-electron chi connectivity index (χ1n) is 18.5. The minimum Gasteiger partial charge on any atom is -0.423 e. The minimum atomic E-state index is 0.493. The number of hydrogen-bond acceptors (Lipinski definition) is 9. The number of hydrogen-bond donors (Lipinski definition) is 1. The lowest BCUT2D eigenvalue weighted by molar-refractivity contribution is 0.568. The molecule has 0 aliphatic heterocycles. The van der Waals surface area contributed by atoms with Gasteiger partial charge < -0.3 is 4.42 Å². The summed E-state index contributed by atoms with van der Waals surface area (Å²) in [6.07, 6.45) is 6.95. The van der Waals surface area contributed by atoms with Gasteiger partial charge in [0.25, 0.3) is 0 Å². The van der Waals surface area contributed by atoms with Gasteiger partial charge in [0, 0.05) is 54.5 Å².